The van der Waals surface area contributed by atoms with Gasteiger partial charge in [-0.25, -0.2) is 0 Å². The molecule has 0 heterocycles. The van der Waals surface area contributed by atoms with Crippen molar-refractivity contribution < 1.29 is 0 Å². The fourth-order valence-corrected chi connectivity index (χ4v) is 1.29. The van der Waals surface area contributed by atoms with Gasteiger partial charge in [0.05, 0.1) is 0 Å². The highest BCUT2D eigenvalue weighted by Crippen LogP contribution is 2.07. The number of nitrogens with one attached hydrogen (secondary N) is 1. The van der Waals surface area contributed by atoms with Crippen LogP contribution in [-0.2, 0) is 6.54 Å². The lowest BCUT2D eigenvalue weighted by atomic mass is 10.1. The van der Waals surface area contributed by atoms with Gasteiger partial charge in [-0.3, -0.25) is 11.3 Å². The van der Waals surface area contributed by atoms with Crippen LogP contribution in [0.5, 0.6) is 0 Å². The number of benzene rings is 1. The molecule has 0 spiro atoms. The first-order valence-electron chi connectivity index (χ1n) is 3.73. The lowest BCUT2D eigenvalue weighted by molar-refractivity contribution is 0.740. The van der Waals surface area contributed by atoms with Crippen LogP contribution in [0, 0.1) is 13.8 Å². The Morgan fingerprint density at radius 3 is 2.08 bits per heavy atom. The molecule has 3 N–H and O–H groups in total. The van der Waals surface area contributed by atoms with E-state index in [2.05, 4.69) is 37.5 Å². The average Bonchev–Trinajstić information content (AvgIpc) is 1.85. The molecule has 0 amide bonds. The summed E-state index contributed by atoms with van der Waals surface area (Å²) >= 11 is 0. The van der Waals surface area contributed by atoms with E-state index in [9.17, 15) is 0 Å². The van der Waals surface area contributed by atoms with Crippen molar-refractivity contribution in [2.45, 2.75) is 20.4 Å². The van der Waals surface area contributed by atoms with E-state index in [1.54, 1.807) is 0 Å². The lowest BCUT2D eigenvalue weighted by Crippen LogP contribution is -2.20. The average molecular weight is 187 g/mol. The van der Waals surface area contributed by atoms with Crippen LogP contribution in [0.3, 0.4) is 0 Å². The van der Waals surface area contributed by atoms with Crippen LogP contribution in [-0.4, -0.2) is 0 Å². The minimum Gasteiger partial charge on any atom is -0.271 e. The Balaban J connectivity index is 0.00000121. The monoisotopic (exact) mass is 186 g/mol. The molecule has 3 heteroatoms. The predicted molar refractivity (Wildman–Crippen MR) is 54.2 cm³/mol. The number of hydrazine groups is 1. The van der Waals surface area contributed by atoms with Crippen LogP contribution in [0.15, 0.2) is 18.2 Å². The summed E-state index contributed by atoms with van der Waals surface area (Å²) in [5, 5.41) is 0. The molecule has 1 aromatic carbocycles. The second-order valence-corrected chi connectivity index (χ2v) is 2.88. The van der Waals surface area contributed by atoms with Crippen molar-refractivity contribution >= 4 is 12.4 Å². The number of rotatable bonds is 2. The molecule has 1 aromatic rings. The fraction of sp³-hybridized carbons (Fsp3) is 0.333. The summed E-state index contributed by atoms with van der Waals surface area (Å²) in [5.74, 6) is 5.21. The molecule has 0 aliphatic heterocycles. The Labute approximate surface area is 79.5 Å². The van der Waals surface area contributed by atoms with Crippen LogP contribution >= 0.6 is 12.4 Å². The van der Waals surface area contributed by atoms with E-state index < -0.39 is 0 Å². The van der Waals surface area contributed by atoms with Crippen LogP contribution in [0.1, 0.15) is 16.7 Å². The van der Waals surface area contributed by atoms with Gasteiger partial charge in [0, 0.05) is 6.54 Å². The third-order valence-electron chi connectivity index (χ3n) is 1.59. The second-order valence-electron chi connectivity index (χ2n) is 2.88. The first-order chi connectivity index (χ1) is 5.22. The van der Waals surface area contributed by atoms with Crippen molar-refractivity contribution in [2.75, 3.05) is 0 Å². The molecule has 2 nitrogen and oxygen atoms in total. The fourth-order valence-electron chi connectivity index (χ4n) is 1.29. The van der Waals surface area contributed by atoms with E-state index in [4.69, 9.17) is 5.84 Å². The van der Waals surface area contributed by atoms with Crippen molar-refractivity contribution in [1.82, 2.24) is 5.43 Å². The Kier molecular flexibility index (Phi) is 4.90. The Hall–Kier alpha value is -0.570. The van der Waals surface area contributed by atoms with E-state index in [1.807, 2.05) is 0 Å². The Bertz CT molecular complexity index is 228. The van der Waals surface area contributed by atoms with Crippen molar-refractivity contribution in [3.63, 3.8) is 0 Å². The van der Waals surface area contributed by atoms with E-state index in [-0.39, 0.29) is 12.4 Å². The van der Waals surface area contributed by atoms with Gasteiger partial charge in [-0.15, -0.1) is 12.4 Å². The molecule has 0 saturated carbocycles. The van der Waals surface area contributed by atoms with Crippen LogP contribution in [0.2, 0.25) is 0 Å². The van der Waals surface area contributed by atoms with Gasteiger partial charge in [-0.05, 0) is 19.4 Å². The number of hydrogen-bond acceptors (Lipinski definition) is 2. The Morgan fingerprint density at radius 2 is 1.67 bits per heavy atom. The molecule has 1 rings (SSSR count). The van der Waals surface area contributed by atoms with Gasteiger partial charge < -0.3 is 0 Å². The van der Waals surface area contributed by atoms with Gasteiger partial charge in [0.15, 0.2) is 0 Å². The molecule has 0 aliphatic carbocycles. The summed E-state index contributed by atoms with van der Waals surface area (Å²) < 4.78 is 0. The molecule has 0 bridgehead atoms. The molecule has 0 radical (unpaired) electrons. The summed E-state index contributed by atoms with van der Waals surface area (Å²) in [6.45, 7) is 4.92. The molecule has 0 aromatic heterocycles. The molecule has 68 valence electrons. The zero-order chi connectivity index (χ0) is 8.27. The minimum absolute atomic E-state index is 0. The summed E-state index contributed by atoms with van der Waals surface area (Å²) in [7, 11) is 0. The van der Waals surface area contributed by atoms with Gasteiger partial charge in [-0.2, -0.15) is 0 Å². The van der Waals surface area contributed by atoms with Gasteiger partial charge in [0.1, 0.15) is 0 Å². The van der Waals surface area contributed by atoms with Gasteiger partial charge in [-0.1, -0.05) is 29.3 Å². The minimum atomic E-state index is 0. The molecule has 0 unspecified atom stereocenters. The van der Waals surface area contributed by atoms with Crippen molar-refractivity contribution in [3.05, 3.63) is 34.9 Å². The highest BCUT2D eigenvalue weighted by atomic mass is 35.5. The number of hydrogen-bond donors (Lipinski definition) is 2. The molecule has 12 heavy (non-hydrogen) atoms. The molecular weight excluding hydrogens is 172 g/mol. The van der Waals surface area contributed by atoms with Crippen LogP contribution < -0.4 is 11.3 Å². The first-order valence-corrected chi connectivity index (χ1v) is 3.73. The maximum absolute atomic E-state index is 5.21. The van der Waals surface area contributed by atoms with Gasteiger partial charge in [0.2, 0.25) is 0 Å². The maximum atomic E-state index is 5.21. The van der Waals surface area contributed by atoms with Crippen molar-refractivity contribution in [2.24, 2.45) is 5.84 Å². The van der Waals surface area contributed by atoms with Crippen molar-refractivity contribution in [3.8, 4) is 0 Å². The molecule has 0 aliphatic rings. The maximum Gasteiger partial charge on any atom is 0.0348 e. The zero-order valence-corrected chi connectivity index (χ0v) is 8.24. The number of aryl methyl sites for hydroxylation is 2. The van der Waals surface area contributed by atoms with Gasteiger partial charge >= 0.3 is 0 Å². The van der Waals surface area contributed by atoms with E-state index >= 15 is 0 Å². The Morgan fingerprint density at radius 1 is 1.17 bits per heavy atom. The first kappa shape index (κ1) is 11.4. The molecular formula is C9H15ClN2. The van der Waals surface area contributed by atoms with Crippen molar-refractivity contribution in [1.29, 1.82) is 0 Å². The molecule has 0 saturated heterocycles. The summed E-state index contributed by atoms with van der Waals surface area (Å²) in [4.78, 5) is 0. The predicted octanol–water partition coefficient (Wildman–Crippen LogP) is 1.69. The van der Waals surface area contributed by atoms with E-state index in [0.717, 1.165) is 6.54 Å². The molecule has 0 atom stereocenters. The number of nitrogens with two attached hydrogens (primary N) is 1. The lowest BCUT2D eigenvalue weighted by Gasteiger charge is -2.02. The zero-order valence-electron chi connectivity index (χ0n) is 7.42. The SMILES string of the molecule is Cc1cc(C)cc(CNN)c1.Cl. The smallest absolute Gasteiger partial charge is 0.0348 e. The van der Waals surface area contributed by atoms with Gasteiger partial charge in [0.25, 0.3) is 0 Å². The van der Waals surface area contributed by atoms with Crippen LogP contribution in [0.25, 0.3) is 0 Å². The normalized spacial score (nSPS) is 9.25. The second kappa shape index (κ2) is 5.14. The van der Waals surface area contributed by atoms with E-state index in [0.29, 0.717) is 0 Å². The van der Waals surface area contributed by atoms with E-state index in [1.165, 1.54) is 16.7 Å². The topological polar surface area (TPSA) is 38.0 Å². The highest BCUT2D eigenvalue weighted by Gasteiger charge is 1.93. The number of halogens is 1. The highest BCUT2D eigenvalue weighted by molar-refractivity contribution is 5.85. The summed E-state index contributed by atoms with van der Waals surface area (Å²) in [6, 6.07) is 6.42. The molecule has 0 fully saturated rings. The quantitative estimate of drug-likeness (QED) is 0.545. The largest absolute Gasteiger partial charge is 0.271 e. The standard InChI is InChI=1S/C9H14N2.ClH/c1-7-3-8(2)5-9(4-7)6-11-10;/h3-5,11H,6,10H2,1-2H3;1H. The summed E-state index contributed by atoms with van der Waals surface area (Å²) in [5.41, 5.74) is 6.45. The van der Waals surface area contributed by atoms with Crippen LogP contribution in [0.4, 0.5) is 0 Å². The third kappa shape index (κ3) is 3.22. The summed E-state index contributed by atoms with van der Waals surface area (Å²) in [6.07, 6.45) is 0. The third-order valence-corrected chi connectivity index (χ3v) is 1.59.